The molecule has 2 rings (SSSR count). The van der Waals surface area contributed by atoms with E-state index in [2.05, 4.69) is 42.9 Å². The minimum absolute atomic E-state index is 0.547. The van der Waals surface area contributed by atoms with Crippen molar-refractivity contribution < 1.29 is 0 Å². The van der Waals surface area contributed by atoms with Crippen LogP contribution in [0.5, 0.6) is 0 Å². The Kier molecular flexibility index (Phi) is 4.68. The van der Waals surface area contributed by atoms with Crippen molar-refractivity contribution in [2.75, 3.05) is 46.3 Å². The van der Waals surface area contributed by atoms with E-state index < -0.39 is 0 Å². The van der Waals surface area contributed by atoms with Crippen LogP contribution in [0.2, 0.25) is 0 Å². The summed E-state index contributed by atoms with van der Waals surface area (Å²) in [5.41, 5.74) is 0.547. The average Bonchev–Trinajstić information content (AvgIpc) is 2.33. The topological polar surface area (TPSA) is 18.5 Å². The first-order chi connectivity index (χ1) is 8.48. The lowest BCUT2D eigenvalue weighted by Gasteiger charge is -2.44. The molecule has 2 aliphatic heterocycles. The molecule has 3 nitrogen and oxygen atoms in total. The maximum atomic E-state index is 3.66. The molecular weight excluding hydrogens is 222 g/mol. The molecular formula is C15H31N3. The van der Waals surface area contributed by atoms with E-state index in [0.29, 0.717) is 11.5 Å². The van der Waals surface area contributed by atoms with Crippen molar-refractivity contribution in [1.82, 2.24) is 15.1 Å². The second kappa shape index (κ2) is 5.89. The quantitative estimate of drug-likeness (QED) is 0.825. The summed E-state index contributed by atoms with van der Waals surface area (Å²) in [5.74, 6) is 0.748. The largest absolute Gasteiger partial charge is 0.311 e. The Labute approximate surface area is 113 Å². The average molecular weight is 253 g/mol. The van der Waals surface area contributed by atoms with E-state index in [0.717, 1.165) is 5.92 Å². The lowest BCUT2D eigenvalue weighted by molar-refractivity contribution is 0.0665. The van der Waals surface area contributed by atoms with E-state index in [4.69, 9.17) is 0 Å². The van der Waals surface area contributed by atoms with Crippen molar-refractivity contribution in [1.29, 1.82) is 0 Å². The highest BCUT2D eigenvalue weighted by atomic mass is 15.2. The standard InChI is InChI=1S/C15H31N3/c1-13(2)14-11-18(10-7-16-14)12-15(3)5-8-17(4)9-6-15/h13-14,16H,5-12H2,1-4H3. The third kappa shape index (κ3) is 3.69. The summed E-state index contributed by atoms with van der Waals surface area (Å²) in [4.78, 5) is 5.17. The molecule has 1 atom stereocenters. The second-order valence-electron chi connectivity index (χ2n) is 7.15. The molecule has 0 amide bonds. The van der Waals surface area contributed by atoms with Crippen molar-refractivity contribution in [3.8, 4) is 0 Å². The molecule has 18 heavy (non-hydrogen) atoms. The van der Waals surface area contributed by atoms with Crippen LogP contribution in [0.15, 0.2) is 0 Å². The summed E-state index contributed by atoms with van der Waals surface area (Å²) in [5, 5.41) is 3.66. The van der Waals surface area contributed by atoms with Gasteiger partial charge in [0.15, 0.2) is 0 Å². The van der Waals surface area contributed by atoms with Crippen LogP contribution in [0.1, 0.15) is 33.6 Å². The molecule has 0 saturated carbocycles. The summed E-state index contributed by atoms with van der Waals surface area (Å²) in [6.45, 7) is 14.6. The number of nitrogens with zero attached hydrogens (tertiary/aromatic N) is 2. The minimum Gasteiger partial charge on any atom is -0.311 e. The van der Waals surface area contributed by atoms with Gasteiger partial charge >= 0.3 is 0 Å². The zero-order valence-electron chi connectivity index (χ0n) is 12.7. The van der Waals surface area contributed by atoms with Gasteiger partial charge in [-0.3, -0.25) is 4.90 Å². The number of likely N-dealkylation sites (tertiary alicyclic amines) is 1. The van der Waals surface area contributed by atoms with Crippen LogP contribution >= 0.6 is 0 Å². The highest BCUT2D eigenvalue weighted by molar-refractivity contribution is 4.88. The van der Waals surface area contributed by atoms with Crippen molar-refractivity contribution >= 4 is 0 Å². The van der Waals surface area contributed by atoms with E-state index in [1.807, 2.05) is 0 Å². The van der Waals surface area contributed by atoms with Crippen molar-refractivity contribution in [2.45, 2.75) is 39.7 Å². The highest BCUT2D eigenvalue weighted by Gasteiger charge is 2.32. The maximum absolute atomic E-state index is 3.66. The molecule has 3 heteroatoms. The maximum Gasteiger partial charge on any atom is 0.0218 e. The Hall–Kier alpha value is -0.120. The predicted molar refractivity (Wildman–Crippen MR) is 77.9 cm³/mol. The Morgan fingerprint density at radius 2 is 1.89 bits per heavy atom. The smallest absolute Gasteiger partial charge is 0.0218 e. The molecule has 0 bridgehead atoms. The molecule has 2 heterocycles. The molecule has 0 spiro atoms. The molecule has 0 aromatic heterocycles. The van der Waals surface area contributed by atoms with Crippen LogP contribution in [-0.2, 0) is 0 Å². The lowest BCUT2D eigenvalue weighted by atomic mass is 9.79. The van der Waals surface area contributed by atoms with Crippen molar-refractivity contribution in [2.24, 2.45) is 11.3 Å². The number of rotatable bonds is 3. The van der Waals surface area contributed by atoms with Gasteiger partial charge in [-0.2, -0.15) is 0 Å². The SMILES string of the molecule is CC(C)C1CN(CC2(C)CCN(C)CC2)CCN1. The fourth-order valence-corrected chi connectivity index (χ4v) is 3.29. The molecule has 106 valence electrons. The van der Waals surface area contributed by atoms with Gasteiger partial charge in [-0.15, -0.1) is 0 Å². The highest BCUT2D eigenvalue weighted by Crippen LogP contribution is 2.31. The van der Waals surface area contributed by atoms with E-state index in [-0.39, 0.29) is 0 Å². The van der Waals surface area contributed by atoms with Gasteiger partial charge in [0.1, 0.15) is 0 Å². The number of piperazine rings is 1. The Balaban J connectivity index is 1.85. The lowest BCUT2D eigenvalue weighted by Crippen LogP contribution is -2.55. The van der Waals surface area contributed by atoms with Crippen LogP contribution in [0.4, 0.5) is 0 Å². The molecule has 1 unspecified atom stereocenters. The zero-order chi connectivity index (χ0) is 13.2. The first-order valence-electron chi connectivity index (χ1n) is 7.63. The zero-order valence-corrected chi connectivity index (χ0v) is 12.7. The molecule has 2 fully saturated rings. The van der Waals surface area contributed by atoms with Gasteiger partial charge < -0.3 is 10.2 Å². The van der Waals surface area contributed by atoms with Crippen LogP contribution in [0, 0.1) is 11.3 Å². The van der Waals surface area contributed by atoms with E-state index >= 15 is 0 Å². The van der Waals surface area contributed by atoms with Crippen molar-refractivity contribution in [3.63, 3.8) is 0 Å². The molecule has 2 aliphatic rings. The summed E-state index contributed by atoms with van der Waals surface area (Å²) in [6, 6.07) is 0.689. The summed E-state index contributed by atoms with van der Waals surface area (Å²) < 4.78 is 0. The number of hydrogen-bond acceptors (Lipinski definition) is 3. The first-order valence-corrected chi connectivity index (χ1v) is 7.63. The Morgan fingerprint density at radius 3 is 2.50 bits per heavy atom. The second-order valence-corrected chi connectivity index (χ2v) is 7.15. The molecule has 2 saturated heterocycles. The molecule has 1 N–H and O–H groups in total. The third-order valence-corrected chi connectivity index (χ3v) is 4.89. The van der Waals surface area contributed by atoms with Crippen LogP contribution in [0.25, 0.3) is 0 Å². The van der Waals surface area contributed by atoms with Gasteiger partial charge in [-0.05, 0) is 44.3 Å². The van der Waals surface area contributed by atoms with Gasteiger partial charge in [0, 0.05) is 32.2 Å². The molecule has 0 radical (unpaired) electrons. The summed E-state index contributed by atoms with van der Waals surface area (Å²) in [6.07, 6.45) is 2.72. The summed E-state index contributed by atoms with van der Waals surface area (Å²) in [7, 11) is 2.25. The van der Waals surface area contributed by atoms with E-state index in [1.54, 1.807) is 0 Å². The van der Waals surface area contributed by atoms with Crippen LogP contribution < -0.4 is 5.32 Å². The molecule has 0 aliphatic carbocycles. The van der Waals surface area contributed by atoms with Gasteiger partial charge in [0.2, 0.25) is 0 Å². The van der Waals surface area contributed by atoms with Gasteiger partial charge in [0.05, 0.1) is 0 Å². The minimum atomic E-state index is 0.547. The number of piperidine rings is 1. The number of hydrogen-bond donors (Lipinski definition) is 1. The van der Waals surface area contributed by atoms with Crippen LogP contribution in [-0.4, -0.2) is 62.2 Å². The van der Waals surface area contributed by atoms with E-state index in [9.17, 15) is 0 Å². The van der Waals surface area contributed by atoms with Gasteiger partial charge in [-0.1, -0.05) is 20.8 Å². The fraction of sp³-hybridized carbons (Fsp3) is 1.00. The van der Waals surface area contributed by atoms with Crippen molar-refractivity contribution in [3.05, 3.63) is 0 Å². The fourth-order valence-electron chi connectivity index (χ4n) is 3.29. The van der Waals surface area contributed by atoms with Gasteiger partial charge in [0.25, 0.3) is 0 Å². The van der Waals surface area contributed by atoms with Crippen LogP contribution in [0.3, 0.4) is 0 Å². The van der Waals surface area contributed by atoms with Gasteiger partial charge in [-0.25, -0.2) is 0 Å². The first kappa shape index (κ1) is 14.3. The predicted octanol–water partition coefficient (Wildman–Crippen LogP) is 1.65. The number of nitrogens with one attached hydrogen (secondary N) is 1. The Bertz CT molecular complexity index is 256. The summed E-state index contributed by atoms with van der Waals surface area (Å²) >= 11 is 0. The monoisotopic (exact) mass is 253 g/mol. The normalized spacial score (nSPS) is 30.8. The third-order valence-electron chi connectivity index (χ3n) is 4.89. The molecule has 0 aromatic rings. The van der Waals surface area contributed by atoms with E-state index in [1.165, 1.54) is 52.1 Å². The molecule has 0 aromatic carbocycles. The Morgan fingerprint density at radius 1 is 1.22 bits per heavy atom.